The van der Waals surface area contributed by atoms with E-state index in [0.29, 0.717) is 19.6 Å². The van der Waals surface area contributed by atoms with Crippen molar-refractivity contribution in [2.45, 2.75) is 37.5 Å². The number of rotatable bonds is 5. The van der Waals surface area contributed by atoms with Crippen LogP contribution in [0.1, 0.15) is 13.8 Å². The van der Waals surface area contributed by atoms with Gasteiger partial charge >= 0.3 is 0 Å². The number of morpholine rings is 1. The second-order valence-electron chi connectivity index (χ2n) is 5.12. The molecule has 114 valence electrons. The molecule has 2 rings (SSSR count). The molecule has 2 heterocycles. The highest BCUT2D eigenvalue weighted by atomic mass is 32.2. The molecule has 0 spiro atoms. The van der Waals surface area contributed by atoms with Crippen LogP contribution in [0, 0.1) is 0 Å². The minimum absolute atomic E-state index is 0.0899. The van der Waals surface area contributed by atoms with E-state index in [1.165, 1.54) is 10.5 Å². The van der Waals surface area contributed by atoms with Gasteiger partial charge in [-0.15, -0.1) is 0 Å². The Morgan fingerprint density at radius 2 is 2.05 bits per heavy atom. The lowest BCUT2D eigenvalue weighted by Gasteiger charge is -2.34. The van der Waals surface area contributed by atoms with Crippen LogP contribution in [0.15, 0.2) is 17.3 Å². The summed E-state index contributed by atoms with van der Waals surface area (Å²) in [6, 6.07) is 0. The third kappa shape index (κ3) is 3.38. The van der Waals surface area contributed by atoms with E-state index >= 15 is 0 Å². The second kappa shape index (κ2) is 6.21. The molecular weight excluding hydrogens is 280 g/mol. The van der Waals surface area contributed by atoms with Gasteiger partial charge in [0, 0.05) is 25.8 Å². The Morgan fingerprint density at radius 3 is 2.65 bits per heavy atom. The van der Waals surface area contributed by atoms with Gasteiger partial charge < -0.3 is 10.1 Å². The molecule has 0 radical (unpaired) electrons. The standard InChI is InChI=1S/C12H22N4O3S/c1-10-7-16(8-11(2)19-10)20(17,18)12-6-14-15(9-12)5-4-13-3/h6,9-11,13H,4-5,7-8H2,1-3H3. The summed E-state index contributed by atoms with van der Waals surface area (Å²) in [5.74, 6) is 0. The van der Waals surface area contributed by atoms with Crippen LogP contribution >= 0.6 is 0 Å². The van der Waals surface area contributed by atoms with Gasteiger partial charge in [0.25, 0.3) is 0 Å². The maximum Gasteiger partial charge on any atom is 0.246 e. The lowest BCUT2D eigenvalue weighted by atomic mass is 10.3. The predicted molar refractivity (Wildman–Crippen MR) is 74.9 cm³/mol. The minimum atomic E-state index is -3.48. The summed E-state index contributed by atoms with van der Waals surface area (Å²) < 4.78 is 33.8. The van der Waals surface area contributed by atoms with Crippen LogP contribution < -0.4 is 5.32 Å². The number of ether oxygens (including phenoxy) is 1. The molecule has 7 nitrogen and oxygen atoms in total. The van der Waals surface area contributed by atoms with Crippen LogP contribution in [-0.4, -0.2) is 61.4 Å². The highest BCUT2D eigenvalue weighted by Crippen LogP contribution is 2.20. The number of likely N-dealkylation sites (N-methyl/N-ethyl adjacent to an activating group) is 1. The van der Waals surface area contributed by atoms with Crippen molar-refractivity contribution >= 4 is 10.0 Å². The number of nitrogens with one attached hydrogen (secondary N) is 1. The highest BCUT2D eigenvalue weighted by molar-refractivity contribution is 7.89. The molecule has 0 bridgehead atoms. The summed E-state index contributed by atoms with van der Waals surface area (Å²) >= 11 is 0. The van der Waals surface area contributed by atoms with Gasteiger partial charge in [-0.05, 0) is 20.9 Å². The quantitative estimate of drug-likeness (QED) is 0.822. The van der Waals surface area contributed by atoms with E-state index in [2.05, 4.69) is 10.4 Å². The van der Waals surface area contributed by atoms with Crippen LogP contribution in [0.25, 0.3) is 0 Å². The Labute approximate surface area is 120 Å². The zero-order valence-electron chi connectivity index (χ0n) is 12.1. The van der Waals surface area contributed by atoms with Crippen molar-refractivity contribution in [3.05, 3.63) is 12.4 Å². The average Bonchev–Trinajstić information content (AvgIpc) is 2.84. The fourth-order valence-electron chi connectivity index (χ4n) is 2.30. The molecule has 2 unspecified atom stereocenters. The molecule has 1 saturated heterocycles. The van der Waals surface area contributed by atoms with E-state index in [0.717, 1.165) is 6.54 Å². The fraction of sp³-hybridized carbons (Fsp3) is 0.750. The molecule has 8 heteroatoms. The van der Waals surface area contributed by atoms with Crippen molar-refractivity contribution in [3.8, 4) is 0 Å². The first-order chi connectivity index (χ1) is 9.43. The SMILES string of the molecule is CNCCn1cc(S(=O)(=O)N2CC(C)OC(C)C2)cn1. The topological polar surface area (TPSA) is 76.5 Å². The number of hydrogen-bond acceptors (Lipinski definition) is 5. The molecule has 1 fully saturated rings. The van der Waals surface area contributed by atoms with Gasteiger partial charge in [0.05, 0.1) is 24.9 Å². The third-order valence-electron chi connectivity index (χ3n) is 3.22. The zero-order chi connectivity index (χ0) is 14.8. The number of aromatic nitrogens is 2. The van der Waals surface area contributed by atoms with Crippen LogP contribution in [0.5, 0.6) is 0 Å². The first kappa shape index (κ1) is 15.4. The molecule has 1 N–H and O–H groups in total. The average molecular weight is 302 g/mol. The molecule has 0 saturated carbocycles. The van der Waals surface area contributed by atoms with Crippen LogP contribution in [-0.2, 0) is 21.3 Å². The summed E-state index contributed by atoms with van der Waals surface area (Å²) in [4.78, 5) is 0.245. The first-order valence-corrected chi connectivity index (χ1v) is 8.20. The van der Waals surface area contributed by atoms with E-state index in [1.807, 2.05) is 20.9 Å². The van der Waals surface area contributed by atoms with Crippen molar-refractivity contribution in [2.24, 2.45) is 0 Å². The van der Waals surface area contributed by atoms with Crippen molar-refractivity contribution < 1.29 is 13.2 Å². The maximum absolute atomic E-state index is 12.6. The van der Waals surface area contributed by atoms with Crippen molar-refractivity contribution in [3.63, 3.8) is 0 Å². The Balaban J connectivity index is 2.15. The van der Waals surface area contributed by atoms with Gasteiger partial charge in [0.15, 0.2) is 0 Å². The first-order valence-electron chi connectivity index (χ1n) is 6.76. The fourth-order valence-corrected chi connectivity index (χ4v) is 3.85. The Hall–Kier alpha value is -0.960. The van der Waals surface area contributed by atoms with E-state index in [4.69, 9.17) is 4.74 Å². The largest absolute Gasteiger partial charge is 0.373 e. The third-order valence-corrected chi connectivity index (χ3v) is 5.01. The van der Waals surface area contributed by atoms with Crippen LogP contribution in [0.3, 0.4) is 0 Å². The maximum atomic E-state index is 12.6. The number of nitrogens with zero attached hydrogens (tertiary/aromatic N) is 3. The number of hydrogen-bond donors (Lipinski definition) is 1. The molecule has 20 heavy (non-hydrogen) atoms. The summed E-state index contributed by atoms with van der Waals surface area (Å²) in [5, 5.41) is 7.09. The molecule has 0 aliphatic carbocycles. The summed E-state index contributed by atoms with van der Waals surface area (Å²) in [6.07, 6.45) is 2.81. The van der Waals surface area contributed by atoms with Crippen molar-refractivity contribution in [2.75, 3.05) is 26.7 Å². The lowest BCUT2D eigenvalue weighted by Crippen LogP contribution is -2.48. The highest BCUT2D eigenvalue weighted by Gasteiger charge is 2.32. The van der Waals surface area contributed by atoms with Gasteiger partial charge in [-0.1, -0.05) is 0 Å². The van der Waals surface area contributed by atoms with Crippen molar-refractivity contribution in [1.82, 2.24) is 19.4 Å². The Kier molecular flexibility index (Phi) is 4.79. The zero-order valence-corrected chi connectivity index (χ0v) is 12.9. The molecule has 1 aliphatic rings. The number of sulfonamides is 1. The van der Waals surface area contributed by atoms with Crippen LogP contribution in [0.4, 0.5) is 0 Å². The molecule has 1 aliphatic heterocycles. The summed E-state index contributed by atoms with van der Waals surface area (Å²) in [6.45, 7) is 5.92. The summed E-state index contributed by atoms with van der Waals surface area (Å²) in [7, 11) is -1.64. The molecule has 1 aromatic rings. The van der Waals surface area contributed by atoms with Gasteiger partial charge in [0.2, 0.25) is 10.0 Å². The molecule has 0 aromatic carbocycles. The lowest BCUT2D eigenvalue weighted by molar-refractivity contribution is -0.0440. The minimum Gasteiger partial charge on any atom is -0.373 e. The Morgan fingerprint density at radius 1 is 1.40 bits per heavy atom. The van der Waals surface area contributed by atoms with E-state index in [-0.39, 0.29) is 17.1 Å². The monoisotopic (exact) mass is 302 g/mol. The Bertz CT molecular complexity index is 533. The van der Waals surface area contributed by atoms with Crippen LogP contribution in [0.2, 0.25) is 0 Å². The second-order valence-corrected chi connectivity index (χ2v) is 7.06. The molecule has 2 atom stereocenters. The smallest absolute Gasteiger partial charge is 0.246 e. The van der Waals surface area contributed by atoms with Gasteiger partial charge in [-0.25, -0.2) is 8.42 Å². The molecular formula is C12H22N4O3S. The summed E-state index contributed by atoms with van der Waals surface area (Å²) in [5.41, 5.74) is 0. The van der Waals surface area contributed by atoms with Gasteiger partial charge in [-0.2, -0.15) is 9.40 Å². The molecule has 0 amide bonds. The van der Waals surface area contributed by atoms with E-state index < -0.39 is 10.0 Å². The van der Waals surface area contributed by atoms with Crippen molar-refractivity contribution in [1.29, 1.82) is 0 Å². The van der Waals surface area contributed by atoms with Gasteiger partial charge in [-0.3, -0.25) is 4.68 Å². The molecule has 1 aromatic heterocycles. The van der Waals surface area contributed by atoms with E-state index in [9.17, 15) is 8.42 Å². The van der Waals surface area contributed by atoms with Gasteiger partial charge in [0.1, 0.15) is 4.90 Å². The predicted octanol–water partition coefficient (Wildman–Crippen LogP) is -0.0996. The normalized spacial score (nSPS) is 24.9. The van der Waals surface area contributed by atoms with E-state index in [1.54, 1.807) is 10.9 Å².